The van der Waals surface area contributed by atoms with E-state index in [1.165, 1.54) is 6.92 Å². The standard InChI is InChI=1S/C21H39N5O5/c1-8-17(27)15(9-11(2)3)25-21(31)16(10-18(22)28)26-20(30)14(7)24-19(29)13(6)23-12(4)5/h11-16,23H,8-10H2,1-7H3,(H2,22,28)(H,24,29)(H,25,31)(H,26,30). The van der Waals surface area contributed by atoms with Gasteiger partial charge in [0.2, 0.25) is 23.6 Å². The van der Waals surface area contributed by atoms with Crippen molar-refractivity contribution in [2.75, 3.05) is 0 Å². The Morgan fingerprint density at radius 3 is 1.71 bits per heavy atom. The highest BCUT2D eigenvalue weighted by Crippen LogP contribution is 2.08. The Balaban J connectivity index is 5.19. The van der Waals surface area contributed by atoms with Gasteiger partial charge in [0.25, 0.3) is 0 Å². The van der Waals surface area contributed by atoms with Crippen LogP contribution in [0, 0.1) is 5.92 Å². The van der Waals surface area contributed by atoms with Gasteiger partial charge in [-0.15, -0.1) is 0 Å². The Hall–Kier alpha value is -2.49. The van der Waals surface area contributed by atoms with Gasteiger partial charge in [-0.25, -0.2) is 0 Å². The van der Waals surface area contributed by atoms with E-state index in [0.29, 0.717) is 6.42 Å². The maximum Gasteiger partial charge on any atom is 0.243 e. The van der Waals surface area contributed by atoms with Crippen molar-refractivity contribution in [2.45, 2.75) is 97.9 Å². The van der Waals surface area contributed by atoms with Crippen LogP contribution in [0.3, 0.4) is 0 Å². The quantitative estimate of drug-likeness (QED) is 0.250. The van der Waals surface area contributed by atoms with Crippen LogP contribution < -0.4 is 27.0 Å². The second-order valence-electron chi connectivity index (χ2n) is 8.52. The molecule has 4 atom stereocenters. The predicted molar refractivity (Wildman–Crippen MR) is 118 cm³/mol. The summed E-state index contributed by atoms with van der Waals surface area (Å²) in [5, 5.41) is 10.7. The predicted octanol–water partition coefficient (Wildman–Crippen LogP) is -0.252. The molecule has 0 aliphatic heterocycles. The summed E-state index contributed by atoms with van der Waals surface area (Å²) in [6.45, 7) is 12.5. The number of primary amides is 1. The minimum Gasteiger partial charge on any atom is -0.370 e. The monoisotopic (exact) mass is 441 g/mol. The molecule has 0 rings (SSSR count). The van der Waals surface area contributed by atoms with Crippen LogP contribution >= 0.6 is 0 Å². The molecule has 0 radical (unpaired) electrons. The van der Waals surface area contributed by atoms with Crippen molar-refractivity contribution in [1.82, 2.24) is 21.3 Å². The molecule has 0 bridgehead atoms. The summed E-state index contributed by atoms with van der Waals surface area (Å²) in [5.74, 6) is -2.46. The van der Waals surface area contributed by atoms with Crippen LogP contribution in [0.25, 0.3) is 0 Å². The molecule has 0 aromatic rings. The van der Waals surface area contributed by atoms with Gasteiger partial charge in [0.1, 0.15) is 12.1 Å². The number of nitrogens with one attached hydrogen (secondary N) is 4. The highest BCUT2D eigenvalue weighted by atomic mass is 16.2. The number of Topliss-reactive ketones (excluding diaryl/α,β-unsaturated/α-hetero) is 1. The van der Waals surface area contributed by atoms with Gasteiger partial charge in [-0.05, 0) is 26.2 Å². The number of rotatable bonds is 14. The van der Waals surface area contributed by atoms with E-state index in [1.54, 1.807) is 13.8 Å². The smallest absolute Gasteiger partial charge is 0.243 e. The van der Waals surface area contributed by atoms with Gasteiger partial charge in [0, 0.05) is 12.5 Å². The molecular formula is C21H39N5O5. The molecule has 0 saturated heterocycles. The molecule has 0 aliphatic carbocycles. The average Bonchev–Trinajstić information content (AvgIpc) is 2.64. The van der Waals surface area contributed by atoms with Gasteiger partial charge in [-0.3, -0.25) is 24.0 Å². The van der Waals surface area contributed by atoms with E-state index in [0.717, 1.165) is 0 Å². The van der Waals surface area contributed by atoms with E-state index in [4.69, 9.17) is 5.73 Å². The summed E-state index contributed by atoms with van der Waals surface area (Å²) in [6.07, 6.45) is 0.247. The lowest BCUT2D eigenvalue weighted by molar-refractivity contribution is -0.134. The Labute approximate surface area is 184 Å². The molecule has 0 heterocycles. The molecule has 10 nitrogen and oxygen atoms in total. The van der Waals surface area contributed by atoms with E-state index in [9.17, 15) is 24.0 Å². The van der Waals surface area contributed by atoms with Crippen molar-refractivity contribution in [3.05, 3.63) is 0 Å². The number of ketones is 1. The Bertz CT molecular complexity index is 650. The van der Waals surface area contributed by atoms with Crippen molar-refractivity contribution in [3.63, 3.8) is 0 Å². The molecule has 0 aromatic heterocycles. The SMILES string of the molecule is CCC(=O)C(CC(C)C)NC(=O)C(CC(N)=O)NC(=O)C(C)NC(=O)C(C)NC(C)C. The average molecular weight is 442 g/mol. The van der Waals surface area contributed by atoms with Crippen LogP contribution in [0.1, 0.15) is 67.7 Å². The molecule has 4 amide bonds. The van der Waals surface area contributed by atoms with E-state index in [2.05, 4.69) is 21.3 Å². The van der Waals surface area contributed by atoms with E-state index in [-0.39, 0.29) is 30.1 Å². The maximum absolute atomic E-state index is 12.7. The van der Waals surface area contributed by atoms with Crippen molar-refractivity contribution in [3.8, 4) is 0 Å². The van der Waals surface area contributed by atoms with Crippen molar-refractivity contribution < 1.29 is 24.0 Å². The van der Waals surface area contributed by atoms with E-state index >= 15 is 0 Å². The fraction of sp³-hybridized carbons (Fsp3) is 0.762. The molecule has 6 N–H and O–H groups in total. The number of hydrogen-bond acceptors (Lipinski definition) is 6. The molecule has 0 spiro atoms. The van der Waals surface area contributed by atoms with Gasteiger partial charge in [0.05, 0.1) is 18.5 Å². The third kappa shape index (κ3) is 11.5. The number of nitrogens with two attached hydrogens (primary N) is 1. The molecule has 0 saturated carbocycles. The molecule has 178 valence electrons. The first-order chi connectivity index (χ1) is 14.3. The zero-order valence-corrected chi connectivity index (χ0v) is 19.7. The minimum atomic E-state index is -1.25. The second-order valence-corrected chi connectivity index (χ2v) is 8.52. The first-order valence-corrected chi connectivity index (χ1v) is 10.8. The van der Waals surface area contributed by atoms with Crippen LogP contribution in [0.5, 0.6) is 0 Å². The summed E-state index contributed by atoms with van der Waals surface area (Å²) in [7, 11) is 0. The minimum absolute atomic E-state index is 0.0816. The first kappa shape index (κ1) is 28.5. The van der Waals surface area contributed by atoms with Gasteiger partial charge in [0.15, 0.2) is 5.78 Å². The fourth-order valence-electron chi connectivity index (χ4n) is 2.95. The summed E-state index contributed by atoms with van der Waals surface area (Å²) in [4.78, 5) is 61.1. The lowest BCUT2D eigenvalue weighted by atomic mass is 9.98. The zero-order chi connectivity index (χ0) is 24.3. The molecular weight excluding hydrogens is 402 g/mol. The molecule has 10 heteroatoms. The Morgan fingerprint density at radius 2 is 1.26 bits per heavy atom. The van der Waals surface area contributed by atoms with Gasteiger partial charge < -0.3 is 27.0 Å². The highest BCUT2D eigenvalue weighted by molar-refractivity contribution is 5.96. The number of hydrogen-bond donors (Lipinski definition) is 5. The van der Waals surface area contributed by atoms with Gasteiger partial charge in [-0.1, -0.05) is 34.6 Å². The van der Waals surface area contributed by atoms with Crippen molar-refractivity contribution in [1.29, 1.82) is 0 Å². The molecule has 0 fully saturated rings. The summed E-state index contributed by atoms with van der Waals surface area (Å²) >= 11 is 0. The summed E-state index contributed by atoms with van der Waals surface area (Å²) in [5.41, 5.74) is 5.23. The van der Waals surface area contributed by atoms with Crippen LogP contribution in [-0.4, -0.2) is 59.6 Å². The number of amides is 4. The first-order valence-electron chi connectivity index (χ1n) is 10.8. The number of carbonyl (C=O) groups excluding carboxylic acids is 5. The summed E-state index contributed by atoms with van der Waals surface area (Å²) < 4.78 is 0. The highest BCUT2D eigenvalue weighted by Gasteiger charge is 2.29. The van der Waals surface area contributed by atoms with Crippen molar-refractivity contribution >= 4 is 29.4 Å². The van der Waals surface area contributed by atoms with Crippen LogP contribution in [0.15, 0.2) is 0 Å². The van der Waals surface area contributed by atoms with Crippen LogP contribution in [-0.2, 0) is 24.0 Å². The van der Waals surface area contributed by atoms with Crippen LogP contribution in [0.4, 0.5) is 0 Å². The topological polar surface area (TPSA) is 159 Å². The van der Waals surface area contributed by atoms with Crippen LogP contribution in [0.2, 0.25) is 0 Å². The lowest BCUT2D eigenvalue weighted by Crippen LogP contribution is -2.57. The Kier molecular flexibility index (Phi) is 12.6. The molecule has 0 aromatic carbocycles. The summed E-state index contributed by atoms with van der Waals surface area (Å²) in [6, 6.07) is -3.36. The van der Waals surface area contributed by atoms with Crippen molar-refractivity contribution in [2.24, 2.45) is 11.7 Å². The van der Waals surface area contributed by atoms with Gasteiger partial charge >= 0.3 is 0 Å². The zero-order valence-electron chi connectivity index (χ0n) is 19.7. The fourth-order valence-corrected chi connectivity index (χ4v) is 2.95. The van der Waals surface area contributed by atoms with Gasteiger partial charge in [-0.2, -0.15) is 0 Å². The second kappa shape index (κ2) is 13.7. The largest absolute Gasteiger partial charge is 0.370 e. The van der Waals surface area contributed by atoms with E-state index < -0.39 is 48.3 Å². The van der Waals surface area contributed by atoms with E-state index in [1.807, 2.05) is 27.7 Å². The molecule has 31 heavy (non-hydrogen) atoms. The molecule has 0 aliphatic rings. The third-order valence-electron chi connectivity index (χ3n) is 4.53. The third-order valence-corrected chi connectivity index (χ3v) is 4.53. The molecule has 4 unspecified atom stereocenters. The Morgan fingerprint density at radius 1 is 0.742 bits per heavy atom. The maximum atomic E-state index is 12.7. The lowest BCUT2D eigenvalue weighted by Gasteiger charge is -2.25. The number of carbonyl (C=O) groups is 5. The normalized spacial score (nSPS) is 15.0.